The first-order valence-electron chi connectivity index (χ1n) is 7.45. The maximum atomic E-state index is 12.8. The smallest absolute Gasteiger partial charge is 0.308 e. The summed E-state index contributed by atoms with van der Waals surface area (Å²) in [6.07, 6.45) is 3.00. The van der Waals surface area contributed by atoms with Crippen LogP contribution in [0.15, 0.2) is 53.3 Å². The topological polar surface area (TPSA) is 51.1 Å². The molecule has 0 saturated heterocycles. The third-order valence-corrected chi connectivity index (χ3v) is 4.49. The SMILES string of the molecule is CCn1c(=O)sc2cc(NC(=O)/C=C/c3ccc(F)cc3)ccc21. The van der Waals surface area contributed by atoms with Gasteiger partial charge >= 0.3 is 4.87 Å². The minimum atomic E-state index is -0.317. The largest absolute Gasteiger partial charge is 0.322 e. The number of halogens is 1. The van der Waals surface area contributed by atoms with Gasteiger partial charge in [0.25, 0.3) is 0 Å². The number of rotatable bonds is 4. The fourth-order valence-electron chi connectivity index (χ4n) is 2.37. The highest BCUT2D eigenvalue weighted by molar-refractivity contribution is 7.16. The average molecular weight is 342 g/mol. The van der Waals surface area contributed by atoms with Gasteiger partial charge in [0.1, 0.15) is 5.82 Å². The molecule has 0 unspecified atom stereocenters. The van der Waals surface area contributed by atoms with Crippen LogP contribution in [0.2, 0.25) is 0 Å². The predicted octanol–water partition coefficient (Wildman–Crippen LogP) is 3.87. The minimum absolute atomic E-state index is 0.00724. The summed E-state index contributed by atoms with van der Waals surface area (Å²) in [6, 6.07) is 11.3. The van der Waals surface area contributed by atoms with E-state index in [-0.39, 0.29) is 16.6 Å². The molecular formula is C18H15FN2O2S. The van der Waals surface area contributed by atoms with Crippen molar-refractivity contribution >= 4 is 39.2 Å². The number of thiazole rings is 1. The molecule has 2 aromatic carbocycles. The molecule has 24 heavy (non-hydrogen) atoms. The van der Waals surface area contributed by atoms with Crippen LogP contribution < -0.4 is 10.2 Å². The summed E-state index contributed by atoms with van der Waals surface area (Å²) < 4.78 is 15.4. The fraction of sp³-hybridized carbons (Fsp3) is 0.111. The number of carbonyl (C=O) groups excluding carboxylic acids is 1. The molecule has 122 valence electrons. The molecule has 0 aliphatic carbocycles. The molecule has 0 radical (unpaired) electrons. The lowest BCUT2D eigenvalue weighted by Gasteiger charge is -2.03. The second-order valence-corrected chi connectivity index (χ2v) is 6.16. The summed E-state index contributed by atoms with van der Waals surface area (Å²) in [6.45, 7) is 2.54. The first kappa shape index (κ1) is 16.1. The molecule has 6 heteroatoms. The molecular weight excluding hydrogens is 327 g/mol. The standard InChI is InChI=1S/C18H15FN2O2S/c1-2-21-15-9-8-14(11-16(15)24-18(21)23)20-17(22)10-5-12-3-6-13(19)7-4-12/h3-11H,2H2,1H3,(H,20,22)/b10-5+. The molecule has 0 fully saturated rings. The zero-order valence-electron chi connectivity index (χ0n) is 13.0. The highest BCUT2D eigenvalue weighted by atomic mass is 32.1. The molecule has 3 rings (SSSR count). The van der Waals surface area contributed by atoms with Crippen LogP contribution in [0.25, 0.3) is 16.3 Å². The van der Waals surface area contributed by atoms with Crippen LogP contribution in [-0.4, -0.2) is 10.5 Å². The van der Waals surface area contributed by atoms with Gasteiger partial charge in [0.15, 0.2) is 0 Å². The number of benzene rings is 2. The van der Waals surface area contributed by atoms with Crippen molar-refractivity contribution < 1.29 is 9.18 Å². The van der Waals surface area contributed by atoms with Crippen LogP contribution in [0, 0.1) is 5.82 Å². The van der Waals surface area contributed by atoms with Gasteiger partial charge < -0.3 is 5.32 Å². The van der Waals surface area contributed by atoms with E-state index in [1.807, 2.05) is 13.0 Å². The Labute approximate surface area is 141 Å². The molecule has 1 heterocycles. The number of aromatic nitrogens is 1. The summed E-state index contributed by atoms with van der Waals surface area (Å²) in [4.78, 5) is 23.8. The van der Waals surface area contributed by atoms with Gasteiger partial charge in [-0.05, 0) is 48.9 Å². The van der Waals surface area contributed by atoms with Crippen LogP contribution in [0.3, 0.4) is 0 Å². The van der Waals surface area contributed by atoms with Crippen molar-refractivity contribution in [1.29, 1.82) is 0 Å². The van der Waals surface area contributed by atoms with Crippen LogP contribution in [-0.2, 0) is 11.3 Å². The highest BCUT2D eigenvalue weighted by Crippen LogP contribution is 2.21. The third kappa shape index (κ3) is 3.44. The minimum Gasteiger partial charge on any atom is -0.322 e. The first-order chi connectivity index (χ1) is 11.6. The van der Waals surface area contributed by atoms with E-state index in [1.54, 1.807) is 34.9 Å². The van der Waals surface area contributed by atoms with Crippen LogP contribution in [0.5, 0.6) is 0 Å². The third-order valence-electron chi connectivity index (χ3n) is 3.55. The van der Waals surface area contributed by atoms with Gasteiger partial charge in [0.2, 0.25) is 5.91 Å². The van der Waals surface area contributed by atoms with Crippen molar-refractivity contribution in [3.05, 3.63) is 69.6 Å². The number of aryl methyl sites for hydroxylation is 1. The summed E-state index contributed by atoms with van der Waals surface area (Å²) in [5, 5.41) is 2.76. The quantitative estimate of drug-likeness (QED) is 0.732. The molecule has 1 N–H and O–H groups in total. The molecule has 0 aliphatic heterocycles. The molecule has 0 bridgehead atoms. The Hall–Kier alpha value is -2.73. The van der Waals surface area contributed by atoms with Gasteiger partial charge in [0.05, 0.1) is 10.2 Å². The molecule has 0 saturated carbocycles. The van der Waals surface area contributed by atoms with Crippen molar-refractivity contribution in [3.8, 4) is 0 Å². The van der Waals surface area contributed by atoms with E-state index < -0.39 is 0 Å². The van der Waals surface area contributed by atoms with Crippen molar-refractivity contribution in [2.24, 2.45) is 0 Å². The summed E-state index contributed by atoms with van der Waals surface area (Å²) in [7, 11) is 0. The Bertz CT molecular complexity index is 971. The average Bonchev–Trinajstić information content (AvgIpc) is 2.88. The van der Waals surface area contributed by atoms with Gasteiger partial charge in [-0.15, -0.1) is 0 Å². The zero-order valence-corrected chi connectivity index (χ0v) is 13.8. The number of nitrogens with zero attached hydrogens (tertiary/aromatic N) is 1. The van der Waals surface area contributed by atoms with Crippen LogP contribution in [0.1, 0.15) is 12.5 Å². The second kappa shape index (κ2) is 6.80. The van der Waals surface area contributed by atoms with Gasteiger partial charge in [0, 0.05) is 18.3 Å². The first-order valence-corrected chi connectivity index (χ1v) is 8.26. The highest BCUT2D eigenvalue weighted by Gasteiger charge is 2.07. The Morgan fingerprint density at radius 3 is 2.71 bits per heavy atom. The van der Waals surface area contributed by atoms with E-state index in [1.165, 1.54) is 18.2 Å². The Balaban J connectivity index is 1.75. The number of amides is 1. The van der Waals surface area contributed by atoms with Gasteiger partial charge in [-0.25, -0.2) is 4.39 Å². The predicted molar refractivity (Wildman–Crippen MR) is 95.8 cm³/mol. The lowest BCUT2D eigenvalue weighted by molar-refractivity contribution is -0.111. The number of hydrogen-bond donors (Lipinski definition) is 1. The maximum Gasteiger partial charge on any atom is 0.308 e. The van der Waals surface area contributed by atoms with Gasteiger partial charge in [-0.2, -0.15) is 0 Å². The van der Waals surface area contributed by atoms with E-state index in [4.69, 9.17) is 0 Å². The summed E-state index contributed by atoms with van der Waals surface area (Å²) >= 11 is 1.16. The molecule has 1 aromatic heterocycles. The fourth-order valence-corrected chi connectivity index (χ4v) is 3.37. The Morgan fingerprint density at radius 2 is 2.00 bits per heavy atom. The van der Waals surface area contributed by atoms with Crippen LogP contribution >= 0.6 is 11.3 Å². The van der Waals surface area contributed by atoms with Crippen molar-refractivity contribution in [2.75, 3.05) is 5.32 Å². The molecule has 4 nitrogen and oxygen atoms in total. The molecule has 3 aromatic rings. The lowest BCUT2D eigenvalue weighted by Crippen LogP contribution is -2.10. The Kier molecular flexibility index (Phi) is 4.57. The zero-order chi connectivity index (χ0) is 17.1. The molecule has 0 aliphatic rings. The maximum absolute atomic E-state index is 12.8. The molecule has 0 atom stereocenters. The molecule has 1 amide bonds. The number of hydrogen-bond acceptors (Lipinski definition) is 3. The second-order valence-electron chi connectivity index (χ2n) is 5.17. The lowest BCUT2D eigenvalue weighted by atomic mass is 10.2. The van der Waals surface area contributed by atoms with E-state index >= 15 is 0 Å². The van der Waals surface area contributed by atoms with Crippen molar-refractivity contribution in [1.82, 2.24) is 4.57 Å². The number of anilines is 1. The van der Waals surface area contributed by atoms with E-state index in [0.717, 1.165) is 27.1 Å². The van der Waals surface area contributed by atoms with Crippen molar-refractivity contribution in [3.63, 3.8) is 0 Å². The Morgan fingerprint density at radius 1 is 1.25 bits per heavy atom. The van der Waals surface area contributed by atoms with Crippen molar-refractivity contribution in [2.45, 2.75) is 13.5 Å². The summed E-state index contributed by atoms with van der Waals surface area (Å²) in [5.74, 6) is -0.608. The monoisotopic (exact) mass is 342 g/mol. The molecule has 0 spiro atoms. The summed E-state index contributed by atoms with van der Waals surface area (Å²) in [5.41, 5.74) is 2.23. The number of carbonyl (C=O) groups is 1. The van der Waals surface area contributed by atoms with Crippen LogP contribution in [0.4, 0.5) is 10.1 Å². The normalized spacial score (nSPS) is 11.2. The van der Waals surface area contributed by atoms with E-state index in [0.29, 0.717) is 12.2 Å². The van der Waals surface area contributed by atoms with Gasteiger partial charge in [-0.1, -0.05) is 23.5 Å². The number of nitrogens with one attached hydrogen (secondary N) is 1. The van der Waals surface area contributed by atoms with E-state index in [2.05, 4.69) is 5.32 Å². The number of fused-ring (bicyclic) bond motifs is 1. The van der Waals surface area contributed by atoms with Gasteiger partial charge in [-0.3, -0.25) is 14.2 Å². The van der Waals surface area contributed by atoms with E-state index in [9.17, 15) is 14.0 Å².